The standard InChI is InChI=1S/C18H17ClO3.C10H13NO2.Na/c1-11-3-5-13(6-4-11)22-18-10-17-15(9-16(18)19)14(12(2)20)7-8-21-17;1-8-2-4-9(5-3-8)10(13)6-11-7-12;/h3-6,9-10,14,20H,2,7-8H2,1H3;2-5,7,10,13H,6H2,1H3,(H,11,12);/q;;+1/p-1. The van der Waals surface area contributed by atoms with Crippen LogP contribution in [0.4, 0.5) is 0 Å². The molecule has 1 heterocycles. The number of aliphatic hydroxyl groups is 1. The zero-order valence-electron chi connectivity index (χ0n) is 20.8. The second-order valence-electron chi connectivity index (χ2n) is 8.34. The Labute approximate surface area is 239 Å². The molecule has 0 bridgehead atoms. The minimum absolute atomic E-state index is 0. The molecule has 3 aromatic carbocycles. The average molecular weight is 518 g/mol. The molecule has 6 nitrogen and oxygen atoms in total. The fourth-order valence-corrected chi connectivity index (χ4v) is 3.81. The summed E-state index contributed by atoms with van der Waals surface area (Å²) in [4.78, 5) is 9.97. The van der Waals surface area contributed by atoms with Gasteiger partial charge in [0.2, 0.25) is 6.41 Å². The van der Waals surface area contributed by atoms with E-state index in [9.17, 15) is 15.0 Å². The van der Waals surface area contributed by atoms with E-state index in [-0.39, 0.29) is 47.8 Å². The number of ether oxygens (including phenoxy) is 2. The Kier molecular flexibility index (Phi) is 11.8. The van der Waals surface area contributed by atoms with Crippen molar-refractivity contribution in [1.82, 2.24) is 5.32 Å². The van der Waals surface area contributed by atoms with Crippen molar-refractivity contribution in [3.63, 3.8) is 0 Å². The normalized spacial score (nSPS) is 14.5. The second-order valence-corrected chi connectivity index (χ2v) is 8.75. The number of carbonyl (C=O) groups is 1. The Morgan fingerprint density at radius 1 is 1.19 bits per heavy atom. The molecule has 184 valence electrons. The molecule has 2 unspecified atom stereocenters. The zero-order valence-corrected chi connectivity index (χ0v) is 23.5. The largest absolute Gasteiger partial charge is 1.00 e. The monoisotopic (exact) mass is 517 g/mol. The molecule has 2 atom stereocenters. The van der Waals surface area contributed by atoms with E-state index in [1.54, 1.807) is 12.1 Å². The number of nitrogens with one attached hydrogen (secondary N) is 1. The minimum atomic E-state index is -0.620. The van der Waals surface area contributed by atoms with Crippen molar-refractivity contribution in [3.8, 4) is 17.2 Å². The minimum Gasteiger partial charge on any atom is -0.875 e. The predicted molar refractivity (Wildman–Crippen MR) is 135 cm³/mol. The SMILES string of the molecule is C=C([O-])C1CCOc2cc(Oc3ccc(C)cc3)c(Cl)cc21.Cc1ccc(C(O)CNC=O)cc1.[Na+]. The molecule has 0 radical (unpaired) electrons. The van der Waals surface area contributed by atoms with Gasteiger partial charge in [0.05, 0.1) is 17.7 Å². The van der Waals surface area contributed by atoms with Crippen LogP contribution in [0.2, 0.25) is 5.02 Å². The Morgan fingerprint density at radius 2 is 1.81 bits per heavy atom. The molecule has 8 heteroatoms. The number of rotatable bonds is 7. The van der Waals surface area contributed by atoms with Gasteiger partial charge in [-0.3, -0.25) is 4.79 Å². The summed E-state index contributed by atoms with van der Waals surface area (Å²) >= 11 is 6.30. The summed E-state index contributed by atoms with van der Waals surface area (Å²) in [6.45, 7) is 8.27. The van der Waals surface area contributed by atoms with Crippen molar-refractivity contribution in [2.75, 3.05) is 13.2 Å². The summed E-state index contributed by atoms with van der Waals surface area (Å²) in [5, 5.41) is 24.0. The molecule has 0 saturated heterocycles. The maximum atomic E-state index is 11.6. The molecule has 1 amide bonds. The molecular formula is C28H29ClNNaO5. The summed E-state index contributed by atoms with van der Waals surface area (Å²) in [5.74, 6) is 1.48. The first kappa shape index (κ1) is 29.7. The van der Waals surface area contributed by atoms with Gasteiger partial charge in [0.25, 0.3) is 0 Å². The molecule has 0 saturated carbocycles. The van der Waals surface area contributed by atoms with Crippen molar-refractivity contribution in [2.24, 2.45) is 0 Å². The molecule has 0 fully saturated rings. The molecular weight excluding hydrogens is 489 g/mol. The molecule has 2 N–H and O–H groups in total. The fraction of sp³-hybridized carbons (Fsp3) is 0.250. The van der Waals surface area contributed by atoms with Crippen LogP contribution >= 0.6 is 11.6 Å². The topological polar surface area (TPSA) is 90.8 Å². The molecule has 36 heavy (non-hydrogen) atoms. The zero-order chi connectivity index (χ0) is 25.4. The Bertz CT molecular complexity index is 1150. The molecule has 0 aromatic heterocycles. The number of carbonyl (C=O) groups excluding carboxylic acids is 1. The van der Waals surface area contributed by atoms with Gasteiger partial charge in [0.1, 0.15) is 17.2 Å². The Morgan fingerprint density at radius 3 is 2.39 bits per heavy atom. The van der Waals surface area contributed by atoms with Crippen molar-refractivity contribution < 1.29 is 54.0 Å². The van der Waals surface area contributed by atoms with Crippen molar-refractivity contribution in [3.05, 3.63) is 100 Å². The van der Waals surface area contributed by atoms with Crippen LogP contribution in [0.1, 0.15) is 40.7 Å². The maximum absolute atomic E-state index is 11.6. The number of aryl methyl sites for hydroxylation is 2. The van der Waals surface area contributed by atoms with Crippen molar-refractivity contribution in [1.29, 1.82) is 0 Å². The third-order valence-corrected chi connectivity index (χ3v) is 5.89. The number of halogens is 1. The molecule has 1 aliphatic heterocycles. The summed E-state index contributed by atoms with van der Waals surface area (Å²) < 4.78 is 11.5. The summed E-state index contributed by atoms with van der Waals surface area (Å²) in [6, 6.07) is 18.8. The van der Waals surface area contributed by atoms with Crippen LogP contribution in [-0.4, -0.2) is 24.7 Å². The molecule has 4 rings (SSSR count). The summed E-state index contributed by atoms with van der Waals surface area (Å²) in [5.41, 5.74) is 3.91. The van der Waals surface area contributed by atoms with Crippen LogP contribution in [0.15, 0.2) is 73.0 Å². The quantitative estimate of drug-likeness (QED) is 0.284. The van der Waals surface area contributed by atoms with Crippen LogP contribution in [0.3, 0.4) is 0 Å². The van der Waals surface area contributed by atoms with Gasteiger partial charge < -0.3 is 25.0 Å². The predicted octanol–water partition coefficient (Wildman–Crippen LogP) is 1.96. The van der Waals surface area contributed by atoms with E-state index in [0.717, 1.165) is 22.3 Å². The van der Waals surface area contributed by atoms with E-state index >= 15 is 0 Å². The first-order chi connectivity index (χ1) is 16.8. The summed E-state index contributed by atoms with van der Waals surface area (Å²) in [6.07, 6.45) is 0.590. The number of benzene rings is 3. The number of fused-ring (bicyclic) bond motifs is 1. The first-order valence-electron chi connectivity index (χ1n) is 11.3. The number of hydrogen-bond donors (Lipinski definition) is 2. The van der Waals surface area contributed by atoms with Crippen molar-refractivity contribution >= 4 is 18.0 Å². The second kappa shape index (κ2) is 14.3. The molecule has 1 aliphatic rings. The van der Waals surface area contributed by atoms with Gasteiger partial charge in [-0.2, -0.15) is 0 Å². The van der Waals surface area contributed by atoms with Gasteiger partial charge in [-0.15, -0.1) is 12.3 Å². The Hall–Kier alpha value is -2.48. The van der Waals surface area contributed by atoms with E-state index in [0.29, 0.717) is 41.7 Å². The molecule has 0 spiro atoms. The van der Waals surface area contributed by atoms with Crippen LogP contribution in [0, 0.1) is 13.8 Å². The van der Waals surface area contributed by atoms with Gasteiger partial charge in [0, 0.05) is 24.1 Å². The Balaban J connectivity index is 0.000000281. The number of hydrogen-bond acceptors (Lipinski definition) is 5. The van der Waals surface area contributed by atoms with E-state index in [4.69, 9.17) is 21.1 Å². The third kappa shape index (κ3) is 8.29. The van der Waals surface area contributed by atoms with Gasteiger partial charge in [-0.05, 0) is 44.0 Å². The number of aliphatic hydroxyl groups excluding tert-OH is 1. The smallest absolute Gasteiger partial charge is 0.875 e. The van der Waals surface area contributed by atoms with Gasteiger partial charge in [-0.25, -0.2) is 0 Å². The van der Waals surface area contributed by atoms with Gasteiger partial charge >= 0.3 is 29.6 Å². The molecule has 0 aliphatic carbocycles. The van der Waals surface area contributed by atoms with Crippen molar-refractivity contribution in [2.45, 2.75) is 32.3 Å². The van der Waals surface area contributed by atoms with Gasteiger partial charge in [0.15, 0.2) is 0 Å². The fourth-order valence-electron chi connectivity index (χ4n) is 3.60. The third-order valence-electron chi connectivity index (χ3n) is 5.60. The average Bonchev–Trinajstić information content (AvgIpc) is 2.84. The molecule has 3 aromatic rings. The number of allylic oxidation sites excluding steroid dienone is 1. The van der Waals surface area contributed by atoms with E-state index in [1.165, 1.54) is 0 Å². The van der Waals surface area contributed by atoms with Crippen LogP contribution < -0.4 is 49.5 Å². The number of amides is 1. The van der Waals surface area contributed by atoms with E-state index in [1.807, 2.05) is 62.4 Å². The van der Waals surface area contributed by atoms with Crippen LogP contribution in [0.5, 0.6) is 17.2 Å². The summed E-state index contributed by atoms with van der Waals surface area (Å²) in [7, 11) is 0. The van der Waals surface area contributed by atoms with Crippen LogP contribution in [0.25, 0.3) is 0 Å². The van der Waals surface area contributed by atoms with Crippen LogP contribution in [-0.2, 0) is 4.79 Å². The van der Waals surface area contributed by atoms with E-state index < -0.39 is 6.10 Å². The maximum Gasteiger partial charge on any atom is 1.00 e. The van der Waals surface area contributed by atoms with Gasteiger partial charge in [-0.1, -0.05) is 59.1 Å². The first-order valence-corrected chi connectivity index (χ1v) is 11.6. The van der Waals surface area contributed by atoms with E-state index in [2.05, 4.69) is 11.9 Å².